The average Bonchev–Trinajstić information content (AvgIpc) is 3.23. The summed E-state index contributed by atoms with van der Waals surface area (Å²) in [5.41, 5.74) is 3.51. The third kappa shape index (κ3) is 2.77. The Bertz CT molecular complexity index is 646. The lowest BCUT2D eigenvalue weighted by atomic mass is 9.85. The average molecular weight is 317 g/mol. The van der Waals surface area contributed by atoms with E-state index in [2.05, 4.69) is 30.3 Å². The van der Waals surface area contributed by atoms with Crippen molar-refractivity contribution < 1.29 is 14.2 Å². The highest BCUT2D eigenvalue weighted by Crippen LogP contribution is 2.40. The van der Waals surface area contributed by atoms with E-state index in [1.165, 1.54) is 11.1 Å². The Labute approximate surface area is 134 Å². The summed E-state index contributed by atoms with van der Waals surface area (Å²) >= 11 is 6.02. The molecule has 22 heavy (non-hydrogen) atoms. The van der Waals surface area contributed by atoms with Crippen molar-refractivity contribution >= 4 is 11.6 Å². The quantitative estimate of drug-likeness (QED) is 0.801. The molecule has 4 rings (SSSR count). The van der Waals surface area contributed by atoms with Gasteiger partial charge in [-0.15, -0.1) is 0 Å². The van der Waals surface area contributed by atoms with Gasteiger partial charge in [-0.1, -0.05) is 48.0 Å². The Morgan fingerprint density at radius 1 is 0.909 bits per heavy atom. The van der Waals surface area contributed by atoms with E-state index in [0.29, 0.717) is 13.2 Å². The van der Waals surface area contributed by atoms with Gasteiger partial charge in [0.05, 0.1) is 25.9 Å². The molecule has 2 aliphatic rings. The fourth-order valence-electron chi connectivity index (χ4n) is 3.06. The number of hydrogen-bond donors (Lipinski definition) is 0. The highest BCUT2D eigenvalue weighted by molar-refractivity contribution is 6.30. The molecule has 0 saturated carbocycles. The molecule has 0 aliphatic carbocycles. The first-order valence-corrected chi connectivity index (χ1v) is 7.90. The second-order valence-electron chi connectivity index (χ2n) is 5.60. The van der Waals surface area contributed by atoms with E-state index in [0.717, 1.165) is 17.2 Å². The first-order chi connectivity index (χ1) is 10.8. The standard InChI is InChI=1S/C18H17ClO3/c19-13-7-5-12(6-8-13)17(16-11-22-16)14-3-1-2-4-15(14)18-20-9-10-21-18/h1-8,16-18H,9-11H2. The maximum atomic E-state index is 6.02. The normalized spacial score (nSPS) is 22.7. The number of halogens is 1. The summed E-state index contributed by atoms with van der Waals surface area (Å²) in [5.74, 6) is 0.182. The van der Waals surface area contributed by atoms with E-state index in [9.17, 15) is 0 Å². The smallest absolute Gasteiger partial charge is 0.184 e. The van der Waals surface area contributed by atoms with Gasteiger partial charge >= 0.3 is 0 Å². The van der Waals surface area contributed by atoms with Gasteiger partial charge in [-0.05, 0) is 23.3 Å². The van der Waals surface area contributed by atoms with Gasteiger partial charge in [0, 0.05) is 16.5 Å². The second-order valence-corrected chi connectivity index (χ2v) is 6.04. The lowest BCUT2D eigenvalue weighted by Crippen LogP contribution is -2.13. The molecule has 4 heteroatoms. The Morgan fingerprint density at radius 2 is 1.59 bits per heavy atom. The molecule has 0 radical (unpaired) electrons. The number of benzene rings is 2. The van der Waals surface area contributed by atoms with Crippen LogP contribution in [0.4, 0.5) is 0 Å². The van der Waals surface area contributed by atoms with Crippen LogP contribution in [0.15, 0.2) is 48.5 Å². The molecule has 2 aromatic carbocycles. The number of hydrogen-bond acceptors (Lipinski definition) is 3. The summed E-state index contributed by atoms with van der Waals surface area (Å²) in [6, 6.07) is 16.3. The summed E-state index contributed by atoms with van der Waals surface area (Å²) in [6.07, 6.45) is -0.0616. The van der Waals surface area contributed by atoms with Crippen molar-refractivity contribution in [2.24, 2.45) is 0 Å². The van der Waals surface area contributed by atoms with E-state index in [1.807, 2.05) is 18.2 Å². The monoisotopic (exact) mass is 316 g/mol. The molecule has 3 nitrogen and oxygen atoms in total. The third-order valence-corrected chi connectivity index (χ3v) is 4.42. The molecule has 0 aromatic heterocycles. The van der Waals surface area contributed by atoms with E-state index in [4.69, 9.17) is 25.8 Å². The minimum absolute atomic E-state index is 0.182. The zero-order valence-electron chi connectivity index (χ0n) is 12.1. The minimum atomic E-state index is -0.273. The molecule has 2 fully saturated rings. The largest absolute Gasteiger partial charge is 0.372 e. The van der Waals surface area contributed by atoms with Gasteiger partial charge in [-0.3, -0.25) is 0 Å². The van der Waals surface area contributed by atoms with Gasteiger partial charge in [0.15, 0.2) is 6.29 Å². The van der Waals surface area contributed by atoms with Crippen LogP contribution in [0.3, 0.4) is 0 Å². The van der Waals surface area contributed by atoms with Crippen molar-refractivity contribution in [3.05, 3.63) is 70.2 Å². The van der Waals surface area contributed by atoms with E-state index >= 15 is 0 Å². The summed E-state index contributed by atoms with van der Waals surface area (Å²) in [4.78, 5) is 0. The van der Waals surface area contributed by atoms with Gasteiger partial charge in [0.1, 0.15) is 0 Å². The van der Waals surface area contributed by atoms with Crippen LogP contribution in [0.2, 0.25) is 5.02 Å². The molecular weight excluding hydrogens is 300 g/mol. The van der Waals surface area contributed by atoms with Crippen LogP contribution in [0.25, 0.3) is 0 Å². The Morgan fingerprint density at radius 3 is 2.27 bits per heavy atom. The minimum Gasteiger partial charge on any atom is -0.372 e. The molecule has 0 bridgehead atoms. The maximum absolute atomic E-state index is 6.02. The molecule has 0 spiro atoms. The lowest BCUT2D eigenvalue weighted by Gasteiger charge is -2.22. The second kappa shape index (κ2) is 6.01. The summed E-state index contributed by atoms with van der Waals surface area (Å²) in [7, 11) is 0. The van der Waals surface area contributed by atoms with Crippen LogP contribution in [-0.2, 0) is 14.2 Å². The fraction of sp³-hybridized carbons (Fsp3) is 0.333. The van der Waals surface area contributed by atoms with Crippen molar-refractivity contribution in [2.75, 3.05) is 19.8 Å². The summed E-state index contributed by atoms with van der Waals surface area (Å²) in [6.45, 7) is 2.07. The molecule has 2 aliphatic heterocycles. The Balaban J connectivity index is 1.75. The van der Waals surface area contributed by atoms with Gasteiger partial charge in [0.2, 0.25) is 0 Å². The molecule has 0 N–H and O–H groups in total. The molecule has 114 valence electrons. The van der Waals surface area contributed by atoms with E-state index in [1.54, 1.807) is 0 Å². The van der Waals surface area contributed by atoms with Crippen molar-refractivity contribution in [2.45, 2.75) is 18.3 Å². The first kappa shape index (κ1) is 14.2. The zero-order chi connectivity index (χ0) is 14.9. The Kier molecular flexibility index (Phi) is 3.89. The molecule has 2 atom stereocenters. The molecule has 0 amide bonds. The maximum Gasteiger partial charge on any atom is 0.184 e. The van der Waals surface area contributed by atoms with Crippen molar-refractivity contribution in [3.8, 4) is 0 Å². The number of ether oxygens (including phenoxy) is 3. The van der Waals surface area contributed by atoms with Crippen molar-refractivity contribution in [1.82, 2.24) is 0 Å². The van der Waals surface area contributed by atoms with Crippen LogP contribution >= 0.6 is 11.6 Å². The summed E-state index contributed by atoms with van der Waals surface area (Å²) < 4.78 is 17.0. The highest BCUT2D eigenvalue weighted by atomic mass is 35.5. The molecule has 2 saturated heterocycles. The molecular formula is C18H17ClO3. The molecule has 2 unspecified atom stereocenters. The zero-order valence-corrected chi connectivity index (χ0v) is 12.8. The first-order valence-electron chi connectivity index (χ1n) is 7.52. The van der Waals surface area contributed by atoms with Crippen LogP contribution in [-0.4, -0.2) is 25.9 Å². The Hall–Kier alpha value is -1.39. The van der Waals surface area contributed by atoms with Gasteiger partial charge in [-0.2, -0.15) is 0 Å². The molecule has 2 aromatic rings. The molecule has 2 heterocycles. The van der Waals surface area contributed by atoms with Gasteiger partial charge in [-0.25, -0.2) is 0 Å². The number of rotatable bonds is 4. The SMILES string of the molecule is Clc1ccc(C(c2ccccc2C2OCCO2)C2CO2)cc1. The predicted molar refractivity (Wildman–Crippen MR) is 84.1 cm³/mol. The highest BCUT2D eigenvalue weighted by Gasteiger charge is 2.37. The van der Waals surface area contributed by atoms with E-state index in [-0.39, 0.29) is 18.3 Å². The topological polar surface area (TPSA) is 31.0 Å². The number of epoxide rings is 1. The van der Waals surface area contributed by atoms with Crippen molar-refractivity contribution in [3.63, 3.8) is 0 Å². The lowest BCUT2D eigenvalue weighted by molar-refractivity contribution is -0.0448. The third-order valence-electron chi connectivity index (χ3n) is 4.17. The predicted octanol–water partition coefficient (Wildman–Crippen LogP) is 3.92. The van der Waals surface area contributed by atoms with Gasteiger partial charge in [0.25, 0.3) is 0 Å². The van der Waals surface area contributed by atoms with Crippen molar-refractivity contribution in [1.29, 1.82) is 0 Å². The van der Waals surface area contributed by atoms with Crippen LogP contribution < -0.4 is 0 Å². The van der Waals surface area contributed by atoms with Crippen LogP contribution in [0, 0.1) is 0 Å². The van der Waals surface area contributed by atoms with Gasteiger partial charge < -0.3 is 14.2 Å². The van der Waals surface area contributed by atoms with Crippen LogP contribution in [0.1, 0.15) is 28.9 Å². The van der Waals surface area contributed by atoms with E-state index < -0.39 is 0 Å². The van der Waals surface area contributed by atoms with Crippen LogP contribution in [0.5, 0.6) is 0 Å². The fourth-order valence-corrected chi connectivity index (χ4v) is 3.19. The summed E-state index contributed by atoms with van der Waals surface area (Å²) in [5, 5.41) is 0.745.